The Balaban J connectivity index is 2.00. The van der Waals surface area contributed by atoms with Crippen LogP contribution in [0, 0.1) is 5.41 Å². The molecule has 0 bridgehead atoms. The predicted octanol–water partition coefficient (Wildman–Crippen LogP) is 0.754. The molecule has 1 aliphatic rings. The first kappa shape index (κ1) is 10.4. The Kier molecular flexibility index (Phi) is 2.24. The van der Waals surface area contributed by atoms with Crippen molar-refractivity contribution < 1.29 is 14.6 Å². The average molecular weight is 232 g/mol. The lowest BCUT2D eigenvalue weighted by Crippen LogP contribution is -2.51. The molecule has 1 aromatic carbocycles. The number of fused-ring (bicyclic) bond motifs is 1. The maximum absolute atomic E-state index is 12.3. The second-order valence-electron chi connectivity index (χ2n) is 4.39. The standard InChI is InChI=1S/C12H12N2O3/c15-4-12(5-17-6-12)11(16)8-1-2-9-10(3-8)14-7-13-9/h1-3,7,15H,4-6H2,(H,13,14). The van der Waals surface area contributed by atoms with Crippen molar-refractivity contribution in [3.8, 4) is 0 Å². The minimum atomic E-state index is -0.742. The topological polar surface area (TPSA) is 75.2 Å². The van der Waals surface area contributed by atoms with E-state index >= 15 is 0 Å². The molecule has 0 aliphatic carbocycles. The fourth-order valence-corrected chi connectivity index (χ4v) is 2.03. The van der Waals surface area contributed by atoms with Gasteiger partial charge < -0.3 is 14.8 Å². The Morgan fingerprint density at radius 1 is 1.53 bits per heavy atom. The summed E-state index contributed by atoms with van der Waals surface area (Å²) in [4.78, 5) is 19.3. The Morgan fingerprint density at radius 2 is 2.35 bits per heavy atom. The second-order valence-corrected chi connectivity index (χ2v) is 4.39. The fourth-order valence-electron chi connectivity index (χ4n) is 2.03. The Hall–Kier alpha value is -1.72. The third-order valence-electron chi connectivity index (χ3n) is 3.22. The third-order valence-corrected chi connectivity index (χ3v) is 3.22. The number of nitrogens with zero attached hydrogens (tertiary/aromatic N) is 1. The molecule has 2 N–H and O–H groups in total. The SMILES string of the molecule is O=C(c1ccc2nc[nH]c2c1)C1(CO)COC1. The molecule has 1 saturated heterocycles. The molecule has 1 fully saturated rings. The first-order chi connectivity index (χ1) is 8.25. The second kappa shape index (κ2) is 3.65. The number of aromatic nitrogens is 2. The lowest BCUT2D eigenvalue weighted by molar-refractivity contribution is -0.109. The van der Waals surface area contributed by atoms with Gasteiger partial charge in [0.1, 0.15) is 5.41 Å². The van der Waals surface area contributed by atoms with E-state index in [-0.39, 0.29) is 12.4 Å². The van der Waals surface area contributed by atoms with Gasteiger partial charge in [-0.1, -0.05) is 0 Å². The zero-order valence-electron chi connectivity index (χ0n) is 9.14. The summed E-state index contributed by atoms with van der Waals surface area (Å²) in [6, 6.07) is 5.30. The van der Waals surface area contributed by atoms with Crippen LogP contribution >= 0.6 is 0 Å². The van der Waals surface area contributed by atoms with Crippen LogP contribution in [0.2, 0.25) is 0 Å². The largest absolute Gasteiger partial charge is 0.395 e. The van der Waals surface area contributed by atoms with Gasteiger partial charge in [0.05, 0.1) is 37.2 Å². The van der Waals surface area contributed by atoms with Crippen LogP contribution in [0.25, 0.3) is 11.0 Å². The summed E-state index contributed by atoms with van der Waals surface area (Å²) >= 11 is 0. The number of nitrogens with one attached hydrogen (secondary N) is 1. The number of aliphatic hydroxyl groups excluding tert-OH is 1. The number of aliphatic hydroxyl groups is 1. The molecule has 5 heteroatoms. The average Bonchev–Trinajstić information content (AvgIpc) is 2.74. The molecule has 2 heterocycles. The van der Waals surface area contributed by atoms with Crippen LogP contribution in [-0.2, 0) is 4.74 Å². The van der Waals surface area contributed by atoms with E-state index in [0.717, 1.165) is 11.0 Å². The Labute approximate surface area is 97.4 Å². The molecular weight excluding hydrogens is 220 g/mol. The number of rotatable bonds is 3. The van der Waals surface area contributed by atoms with E-state index < -0.39 is 5.41 Å². The highest BCUT2D eigenvalue weighted by Crippen LogP contribution is 2.31. The molecule has 1 aliphatic heterocycles. The zero-order valence-corrected chi connectivity index (χ0v) is 9.14. The molecule has 0 radical (unpaired) electrons. The molecule has 17 heavy (non-hydrogen) atoms. The molecule has 0 atom stereocenters. The van der Waals surface area contributed by atoms with Gasteiger partial charge in [0, 0.05) is 5.56 Å². The van der Waals surface area contributed by atoms with Gasteiger partial charge in [-0.3, -0.25) is 4.79 Å². The molecule has 0 unspecified atom stereocenters. The van der Waals surface area contributed by atoms with Crippen LogP contribution in [0.5, 0.6) is 0 Å². The van der Waals surface area contributed by atoms with Gasteiger partial charge in [0.2, 0.25) is 0 Å². The van der Waals surface area contributed by atoms with E-state index in [1.165, 1.54) is 0 Å². The molecule has 88 valence electrons. The number of imidazole rings is 1. The first-order valence-electron chi connectivity index (χ1n) is 5.42. The highest BCUT2D eigenvalue weighted by atomic mass is 16.5. The molecular formula is C12H12N2O3. The number of ketones is 1. The number of hydrogen-bond donors (Lipinski definition) is 2. The molecule has 2 aromatic rings. The number of carbonyl (C=O) groups excluding carboxylic acids is 1. The van der Waals surface area contributed by atoms with Crippen LogP contribution in [0.3, 0.4) is 0 Å². The van der Waals surface area contributed by atoms with Crippen molar-refractivity contribution in [2.45, 2.75) is 0 Å². The van der Waals surface area contributed by atoms with Crippen molar-refractivity contribution in [2.75, 3.05) is 19.8 Å². The summed E-state index contributed by atoms with van der Waals surface area (Å²) in [6.45, 7) is 0.416. The van der Waals surface area contributed by atoms with E-state index in [9.17, 15) is 9.90 Å². The minimum absolute atomic E-state index is 0.0669. The molecule has 3 rings (SSSR count). The van der Waals surface area contributed by atoms with Crippen LogP contribution in [0.4, 0.5) is 0 Å². The number of Topliss-reactive ketones (excluding diaryl/α,β-unsaturated/α-hetero) is 1. The minimum Gasteiger partial charge on any atom is -0.395 e. The number of H-pyrrole nitrogens is 1. The summed E-state index contributed by atoms with van der Waals surface area (Å²) < 4.78 is 5.04. The maximum atomic E-state index is 12.3. The normalized spacial score (nSPS) is 17.9. The number of ether oxygens (including phenoxy) is 1. The summed E-state index contributed by atoms with van der Waals surface area (Å²) in [6.07, 6.45) is 1.59. The highest BCUT2D eigenvalue weighted by Gasteiger charge is 2.45. The van der Waals surface area contributed by atoms with E-state index in [1.54, 1.807) is 24.5 Å². The van der Waals surface area contributed by atoms with Crippen LogP contribution in [-0.4, -0.2) is 40.7 Å². The molecule has 0 saturated carbocycles. The monoisotopic (exact) mass is 232 g/mol. The Morgan fingerprint density at radius 3 is 3.00 bits per heavy atom. The maximum Gasteiger partial charge on any atom is 0.176 e. The number of aromatic amines is 1. The van der Waals surface area contributed by atoms with Crippen LogP contribution in [0.1, 0.15) is 10.4 Å². The quantitative estimate of drug-likeness (QED) is 0.766. The van der Waals surface area contributed by atoms with Gasteiger partial charge in [0.15, 0.2) is 5.78 Å². The third kappa shape index (κ3) is 1.47. The summed E-state index contributed by atoms with van der Waals surface area (Å²) in [5.41, 5.74) is 1.49. The van der Waals surface area contributed by atoms with Crippen molar-refractivity contribution in [3.05, 3.63) is 30.1 Å². The fraction of sp³-hybridized carbons (Fsp3) is 0.333. The highest BCUT2D eigenvalue weighted by molar-refractivity contribution is 6.03. The van der Waals surface area contributed by atoms with Crippen molar-refractivity contribution >= 4 is 16.8 Å². The predicted molar refractivity (Wildman–Crippen MR) is 60.8 cm³/mol. The molecule has 1 aromatic heterocycles. The van der Waals surface area contributed by atoms with Gasteiger partial charge >= 0.3 is 0 Å². The van der Waals surface area contributed by atoms with Crippen molar-refractivity contribution in [1.29, 1.82) is 0 Å². The van der Waals surface area contributed by atoms with Crippen molar-refractivity contribution in [3.63, 3.8) is 0 Å². The Bertz CT molecular complexity index is 566. The van der Waals surface area contributed by atoms with E-state index in [0.29, 0.717) is 18.8 Å². The molecule has 5 nitrogen and oxygen atoms in total. The summed E-state index contributed by atoms with van der Waals surface area (Å²) in [7, 11) is 0. The van der Waals surface area contributed by atoms with Gasteiger partial charge in [-0.25, -0.2) is 4.98 Å². The van der Waals surface area contributed by atoms with Gasteiger partial charge in [-0.05, 0) is 18.2 Å². The zero-order chi connectivity index (χ0) is 11.9. The lowest BCUT2D eigenvalue weighted by Gasteiger charge is -2.38. The summed E-state index contributed by atoms with van der Waals surface area (Å²) in [5, 5.41) is 9.32. The van der Waals surface area contributed by atoms with Gasteiger partial charge in [-0.2, -0.15) is 0 Å². The smallest absolute Gasteiger partial charge is 0.176 e. The van der Waals surface area contributed by atoms with E-state index in [4.69, 9.17) is 4.74 Å². The number of benzene rings is 1. The van der Waals surface area contributed by atoms with E-state index in [2.05, 4.69) is 9.97 Å². The van der Waals surface area contributed by atoms with Gasteiger partial charge in [0.25, 0.3) is 0 Å². The molecule has 0 spiro atoms. The lowest BCUT2D eigenvalue weighted by atomic mass is 9.79. The van der Waals surface area contributed by atoms with Crippen LogP contribution in [0.15, 0.2) is 24.5 Å². The number of carbonyl (C=O) groups is 1. The molecule has 0 amide bonds. The first-order valence-corrected chi connectivity index (χ1v) is 5.42. The van der Waals surface area contributed by atoms with E-state index in [1.807, 2.05) is 0 Å². The van der Waals surface area contributed by atoms with Crippen molar-refractivity contribution in [1.82, 2.24) is 9.97 Å². The summed E-state index contributed by atoms with van der Waals surface area (Å²) in [5.74, 6) is -0.0669. The number of hydrogen-bond acceptors (Lipinski definition) is 4. The van der Waals surface area contributed by atoms with Crippen LogP contribution < -0.4 is 0 Å². The van der Waals surface area contributed by atoms with Gasteiger partial charge in [-0.15, -0.1) is 0 Å². The van der Waals surface area contributed by atoms with Crippen molar-refractivity contribution in [2.24, 2.45) is 5.41 Å².